The lowest BCUT2D eigenvalue weighted by Crippen LogP contribution is -2.08. The molecule has 0 aliphatic heterocycles. The Bertz CT molecular complexity index is 940. The molecular weight excluding hydrogens is 418 g/mol. The molecule has 2 aromatic carbocycles. The highest BCUT2D eigenvalue weighted by Gasteiger charge is 2.01. The Kier molecular flexibility index (Phi) is 17.9. The maximum absolute atomic E-state index is 8.55. The quantitative estimate of drug-likeness (QED) is 0.369. The fourth-order valence-corrected chi connectivity index (χ4v) is 2.38. The van der Waals surface area contributed by atoms with Crippen LogP contribution in [0.3, 0.4) is 0 Å². The van der Waals surface area contributed by atoms with Gasteiger partial charge >= 0.3 is 0 Å². The number of aryl methyl sites for hydroxylation is 1. The third kappa shape index (κ3) is 14.4. The second-order valence-corrected chi connectivity index (χ2v) is 7.55. The van der Waals surface area contributed by atoms with Crippen LogP contribution in [0.4, 0.5) is 11.5 Å². The third-order valence-electron chi connectivity index (χ3n) is 4.64. The van der Waals surface area contributed by atoms with Crippen LogP contribution in [0.5, 0.6) is 0 Å². The number of pyridine rings is 1. The minimum atomic E-state index is 0.373. The molecule has 0 radical (unpaired) electrons. The molecule has 0 saturated carbocycles. The molecule has 5 N–H and O–H groups in total. The van der Waals surface area contributed by atoms with E-state index in [1.54, 1.807) is 6.20 Å². The van der Waals surface area contributed by atoms with Crippen LogP contribution in [-0.4, -0.2) is 18.1 Å². The number of aromatic nitrogens is 1. The molecular formula is C29H41N5. The van der Waals surface area contributed by atoms with Crippen molar-refractivity contribution in [3.8, 4) is 6.07 Å². The summed E-state index contributed by atoms with van der Waals surface area (Å²) in [6, 6.07) is 23.7. The molecule has 5 nitrogen and oxygen atoms in total. The van der Waals surface area contributed by atoms with Crippen LogP contribution < -0.4 is 16.8 Å². The summed E-state index contributed by atoms with van der Waals surface area (Å²) in [5.74, 6) is 0.943. The van der Waals surface area contributed by atoms with Crippen molar-refractivity contribution in [2.75, 3.05) is 24.1 Å². The van der Waals surface area contributed by atoms with E-state index in [-0.39, 0.29) is 0 Å². The number of rotatable bonds is 5. The first-order chi connectivity index (χ1) is 16.4. The maximum Gasteiger partial charge on any atom is 0.146 e. The highest BCUT2D eigenvalue weighted by atomic mass is 14.9. The molecule has 5 heteroatoms. The summed E-state index contributed by atoms with van der Waals surface area (Å²) >= 11 is 0. The monoisotopic (exact) mass is 459 g/mol. The molecule has 0 spiro atoms. The summed E-state index contributed by atoms with van der Waals surface area (Å²) in [5, 5.41) is 11.7. The number of hydrogen-bond acceptors (Lipinski definition) is 5. The summed E-state index contributed by atoms with van der Waals surface area (Å²) < 4.78 is 0. The zero-order chi connectivity index (χ0) is 25.6. The summed E-state index contributed by atoms with van der Waals surface area (Å²) in [5.41, 5.74) is 15.2. The lowest BCUT2D eigenvalue weighted by molar-refractivity contribution is 0.774. The van der Waals surface area contributed by atoms with Crippen molar-refractivity contribution in [2.45, 2.75) is 47.0 Å². The number of nitrogens with two attached hydrogens (primary N) is 2. The van der Waals surface area contributed by atoms with Crippen LogP contribution in [0.25, 0.3) is 0 Å². The van der Waals surface area contributed by atoms with Crippen LogP contribution in [0.1, 0.15) is 56.7 Å². The number of hydrogen-bond donors (Lipinski definition) is 3. The van der Waals surface area contributed by atoms with E-state index in [1.165, 1.54) is 11.1 Å². The van der Waals surface area contributed by atoms with Gasteiger partial charge in [-0.1, -0.05) is 74.0 Å². The van der Waals surface area contributed by atoms with Gasteiger partial charge in [-0.05, 0) is 69.5 Å². The normalized spacial score (nSPS) is 10.3. The number of allylic oxidation sites excluding steroid dienone is 2. The summed E-state index contributed by atoms with van der Waals surface area (Å²) in [6.45, 7) is 11.8. The minimum absolute atomic E-state index is 0.373. The van der Waals surface area contributed by atoms with Gasteiger partial charge in [-0.2, -0.15) is 5.26 Å². The van der Waals surface area contributed by atoms with Gasteiger partial charge in [0.2, 0.25) is 0 Å². The molecule has 3 rings (SSSR count). The van der Waals surface area contributed by atoms with Crippen molar-refractivity contribution in [1.82, 2.24) is 4.98 Å². The van der Waals surface area contributed by atoms with Crippen LogP contribution in [0.2, 0.25) is 0 Å². The SMILES string of the molecule is C/C=C/C.CC(CN)c1ccc(C#N)cc1.CCCNc1cccnc1N.Cc1ccccc1. The largest absolute Gasteiger partial charge is 0.382 e. The number of anilines is 2. The van der Waals surface area contributed by atoms with E-state index in [4.69, 9.17) is 16.7 Å². The fraction of sp³-hybridized carbons (Fsp3) is 0.310. The molecule has 0 saturated heterocycles. The van der Waals surface area contributed by atoms with Crippen LogP contribution in [0.15, 0.2) is 85.1 Å². The van der Waals surface area contributed by atoms with Gasteiger partial charge in [0.15, 0.2) is 0 Å². The minimum Gasteiger partial charge on any atom is -0.382 e. The standard InChI is InChI=1S/C10H12N2.C8H13N3.C7H8.C4H8/c1-8(6-11)10-4-2-9(7-12)3-5-10;1-2-5-10-7-4-3-6-11-8(7)9;1-7-5-3-2-4-6-7;1-3-4-2/h2-5,8H,6,11H2,1H3;3-4,6,10H,2,5H2,1H3,(H2,9,11);2-6H,1H3;3-4H,1-2H3/b;;;4-3+. The lowest BCUT2D eigenvalue weighted by Gasteiger charge is -2.07. The number of nitrogens with one attached hydrogen (secondary N) is 1. The van der Waals surface area contributed by atoms with E-state index in [9.17, 15) is 0 Å². The molecule has 0 amide bonds. The van der Waals surface area contributed by atoms with Crippen molar-refractivity contribution >= 4 is 11.5 Å². The summed E-state index contributed by atoms with van der Waals surface area (Å²) in [4.78, 5) is 3.95. The highest BCUT2D eigenvalue weighted by Crippen LogP contribution is 2.14. The maximum atomic E-state index is 8.55. The average molecular weight is 460 g/mol. The Morgan fingerprint density at radius 3 is 2.03 bits per heavy atom. The molecule has 182 valence electrons. The average Bonchev–Trinajstić information content (AvgIpc) is 2.89. The molecule has 0 bridgehead atoms. The molecule has 3 aromatic rings. The van der Waals surface area contributed by atoms with Crippen molar-refractivity contribution in [3.63, 3.8) is 0 Å². The van der Waals surface area contributed by atoms with Crippen LogP contribution >= 0.6 is 0 Å². The Morgan fingerprint density at radius 1 is 1.00 bits per heavy atom. The first kappa shape index (κ1) is 30.4. The molecule has 1 atom stereocenters. The summed E-state index contributed by atoms with van der Waals surface area (Å²) in [6.07, 6.45) is 6.78. The summed E-state index contributed by atoms with van der Waals surface area (Å²) in [7, 11) is 0. The van der Waals surface area contributed by atoms with E-state index in [0.717, 1.165) is 18.7 Å². The van der Waals surface area contributed by atoms with Gasteiger partial charge in [-0.3, -0.25) is 0 Å². The topological polar surface area (TPSA) is 101 Å². The first-order valence-electron chi connectivity index (χ1n) is 11.7. The van der Waals surface area contributed by atoms with Crippen molar-refractivity contribution in [1.29, 1.82) is 5.26 Å². The predicted octanol–water partition coefficient (Wildman–Crippen LogP) is 6.68. The van der Waals surface area contributed by atoms with Gasteiger partial charge in [0.05, 0.1) is 17.3 Å². The van der Waals surface area contributed by atoms with Gasteiger partial charge in [0, 0.05) is 12.7 Å². The van der Waals surface area contributed by atoms with Gasteiger partial charge in [0.1, 0.15) is 5.82 Å². The third-order valence-corrected chi connectivity index (χ3v) is 4.64. The van der Waals surface area contributed by atoms with E-state index in [0.29, 0.717) is 23.8 Å². The molecule has 1 unspecified atom stereocenters. The molecule has 0 aliphatic rings. The number of nitriles is 1. The molecule has 0 fully saturated rings. The highest BCUT2D eigenvalue weighted by molar-refractivity contribution is 5.60. The first-order valence-corrected chi connectivity index (χ1v) is 11.7. The van der Waals surface area contributed by atoms with Crippen LogP contribution in [-0.2, 0) is 0 Å². The predicted molar refractivity (Wildman–Crippen MR) is 148 cm³/mol. The Labute approximate surface area is 206 Å². The lowest BCUT2D eigenvalue weighted by atomic mass is 10.0. The van der Waals surface area contributed by atoms with E-state index in [1.807, 2.05) is 80.6 Å². The smallest absolute Gasteiger partial charge is 0.146 e. The fourth-order valence-electron chi connectivity index (χ4n) is 2.38. The van der Waals surface area contributed by atoms with Gasteiger partial charge in [-0.25, -0.2) is 4.98 Å². The van der Waals surface area contributed by atoms with Crippen molar-refractivity contribution in [3.05, 3.63) is 102 Å². The molecule has 1 heterocycles. The zero-order valence-corrected chi connectivity index (χ0v) is 21.3. The van der Waals surface area contributed by atoms with Gasteiger partial charge in [-0.15, -0.1) is 0 Å². The zero-order valence-electron chi connectivity index (χ0n) is 21.3. The second-order valence-electron chi connectivity index (χ2n) is 7.55. The van der Waals surface area contributed by atoms with E-state index in [2.05, 4.69) is 49.3 Å². The van der Waals surface area contributed by atoms with E-state index < -0.39 is 0 Å². The van der Waals surface area contributed by atoms with Crippen molar-refractivity contribution in [2.24, 2.45) is 5.73 Å². The molecule has 34 heavy (non-hydrogen) atoms. The Hall–Kier alpha value is -3.62. The van der Waals surface area contributed by atoms with E-state index >= 15 is 0 Å². The second kappa shape index (κ2) is 20.0. The Morgan fingerprint density at radius 2 is 1.62 bits per heavy atom. The van der Waals surface area contributed by atoms with Gasteiger partial charge < -0.3 is 16.8 Å². The van der Waals surface area contributed by atoms with Crippen molar-refractivity contribution < 1.29 is 0 Å². The molecule has 0 aliphatic carbocycles. The Balaban J connectivity index is 0.000000456. The number of nitrogen functional groups attached to an aromatic ring is 1. The number of nitrogens with zero attached hydrogens (tertiary/aromatic N) is 2. The number of benzene rings is 2. The van der Waals surface area contributed by atoms with Crippen LogP contribution in [0, 0.1) is 18.3 Å². The molecule has 1 aromatic heterocycles. The van der Waals surface area contributed by atoms with Gasteiger partial charge in [0.25, 0.3) is 0 Å².